The fourth-order valence-electron chi connectivity index (χ4n) is 1.83. The van der Waals surface area contributed by atoms with Crippen LogP contribution in [0.3, 0.4) is 0 Å². The first-order chi connectivity index (χ1) is 9.17. The second kappa shape index (κ2) is 8.56. The van der Waals surface area contributed by atoms with Crippen molar-refractivity contribution in [2.75, 3.05) is 13.6 Å². The summed E-state index contributed by atoms with van der Waals surface area (Å²) in [5, 5.41) is 6.59. The standard InChI is InChI=1S/C14H27N5/c1-5-6-7-17-14(15-4)18-10-13-16-8-9-19(13)11-12(2)3/h8-9,12H,5-7,10-11H2,1-4H3,(H2,15,17,18). The van der Waals surface area contributed by atoms with E-state index in [1.807, 2.05) is 12.4 Å². The molecule has 5 nitrogen and oxygen atoms in total. The highest BCUT2D eigenvalue weighted by molar-refractivity contribution is 5.79. The SMILES string of the molecule is CCCCNC(=NC)NCc1nccn1CC(C)C. The second-order valence-corrected chi connectivity index (χ2v) is 5.10. The molecule has 0 amide bonds. The highest BCUT2D eigenvalue weighted by atomic mass is 15.2. The summed E-state index contributed by atoms with van der Waals surface area (Å²) >= 11 is 0. The van der Waals surface area contributed by atoms with Gasteiger partial charge in [0.2, 0.25) is 0 Å². The van der Waals surface area contributed by atoms with Gasteiger partial charge < -0.3 is 15.2 Å². The fourth-order valence-corrected chi connectivity index (χ4v) is 1.83. The number of nitrogens with one attached hydrogen (secondary N) is 2. The highest BCUT2D eigenvalue weighted by Crippen LogP contribution is 2.03. The van der Waals surface area contributed by atoms with Crippen molar-refractivity contribution in [3.8, 4) is 0 Å². The van der Waals surface area contributed by atoms with E-state index < -0.39 is 0 Å². The monoisotopic (exact) mass is 265 g/mol. The normalized spacial score (nSPS) is 11.9. The van der Waals surface area contributed by atoms with Crippen molar-refractivity contribution < 1.29 is 0 Å². The van der Waals surface area contributed by atoms with Crippen molar-refractivity contribution in [3.63, 3.8) is 0 Å². The van der Waals surface area contributed by atoms with E-state index in [0.29, 0.717) is 12.5 Å². The van der Waals surface area contributed by atoms with E-state index in [2.05, 4.69) is 45.9 Å². The van der Waals surface area contributed by atoms with E-state index >= 15 is 0 Å². The highest BCUT2D eigenvalue weighted by Gasteiger charge is 2.05. The maximum absolute atomic E-state index is 4.39. The van der Waals surface area contributed by atoms with E-state index in [1.54, 1.807) is 7.05 Å². The number of imidazole rings is 1. The lowest BCUT2D eigenvalue weighted by Crippen LogP contribution is -2.37. The van der Waals surface area contributed by atoms with E-state index in [1.165, 1.54) is 6.42 Å². The summed E-state index contributed by atoms with van der Waals surface area (Å²) in [6.45, 7) is 9.26. The molecular weight excluding hydrogens is 238 g/mol. The number of aliphatic imine (C=N–C) groups is 1. The van der Waals surface area contributed by atoms with Gasteiger partial charge in [0, 0.05) is 32.5 Å². The van der Waals surface area contributed by atoms with Crippen molar-refractivity contribution in [1.82, 2.24) is 20.2 Å². The molecule has 1 aromatic heterocycles. The van der Waals surface area contributed by atoms with Crippen molar-refractivity contribution in [2.24, 2.45) is 10.9 Å². The minimum Gasteiger partial charge on any atom is -0.356 e. The van der Waals surface area contributed by atoms with Crippen LogP contribution in [0.15, 0.2) is 17.4 Å². The van der Waals surface area contributed by atoms with Gasteiger partial charge in [0.05, 0.1) is 6.54 Å². The molecule has 19 heavy (non-hydrogen) atoms. The van der Waals surface area contributed by atoms with Gasteiger partial charge in [-0.3, -0.25) is 4.99 Å². The van der Waals surface area contributed by atoms with Gasteiger partial charge in [-0.2, -0.15) is 0 Å². The van der Waals surface area contributed by atoms with Crippen LogP contribution in [0.25, 0.3) is 0 Å². The fraction of sp³-hybridized carbons (Fsp3) is 0.714. The third kappa shape index (κ3) is 5.77. The van der Waals surface area contributed by atoms with Crippen molar-refractivity contribution in [2.45, 2.75) is 46.7 Å². The van der Waals surface area contributed by atoms with Gasteiger partial charge in [-0.25, -0.2) is 4.98 Å². The number of hydrogen-bond donors (Lipinski definition) is 2. The Kier molecular flexibility index (Phi) is 7.00. The number of hydrogen-bond acceptors (Lipinski definition) is 2. The summed E-state index contributed by atoms with van der Waals surface area (Å²) in [6, 6.07) is 0. The van der Waals surface area contributed by atoms with Gasteiger partial charge in [0.1, 0.15) is 5.82 Å². The van der Waals surface area contributed by atoms with Crippen LogP contribution in [0.4, 0.5) is 0 Å². The number of rotatable bonds is 7. The molecule has 1 rings (SSSR count). The Morgan fingerprint density at radius 2 is 2.21 bits per heavy atom. The summed E-state index contributed by atoms with van der Waals surface area (Å²) < 4.78 is 2.19. The van der Waals surface area contributed by atoms with Crippen LogP contribution < -0.4 is 10.6 Å². The molecule has 2 N–H and O–H groups in total. The third-order valence-corrected chi connectivity index (χ3v) is 2.82. The summed E-state index contributed by atoms with van der Waals surface area (Å²) in [4.78, 5) is 8.60. The molecule has 108 valence electrons. The van der Waals surface area contributed by atoms with E-state index in [-0.39, 0.29) is 0 Å². The number of unbranched alkanes of at least 4 members (excludes halogenated alkanes) is 1. The minimum absolute atomic E-state index is 0.620. The van der Waals surface area contributed by atoms with Gasteiger partial charge in [0.25, 0.3) is 0 Å². The second-order valence-electron chi connectivity index (χ2n) is 5.10. The molecule has 1 heterocycles. The Labute approximate surface area is 116 Å². The van der Waals surface area contributed by atoms with Crippen LogP contribution in [0.5, 0.6) is 0 Å². The van der Waals surface area contributed by atoms with E-state index in [9.17, 15) is 0 Å². The summed E-state index contributed by atoms with van der Waals surface area (Å²) in [7, 11) is 1.79. The molecule has 0 aliphatic rings. The largest absolute Gasteiger partial charge is 0.356 e. The zero-order valence-corrected chi connectivity index (χ0v) is 12.6. The Hall–Kier alpha value is -1.52. The molecule has 1 aromatic rings. The number of nitrogens with zero attached hydrogens (tertiary/aromatic N) is 3. The van der Waals surface area contributed by atoms with Crippen LogP contribution in [-0.2, 0) is 13.1 Å². The Balaban J connectivity index is 2.44. The van der Waals surface area contributed by atoms with Crippen LogP contribution in [0, 0.1) is 5.92 Å². The molecule has 0 aliphatic carbocycles. The molecule has 0 radical (unpaired) electrons. The Morgan fingerprint density at radius 1 is 1.42 bits per heavy atom. The number of guanidine groups is 1. The first kappa shape index (κ1) is 15.5. The Morgan fingerprint density at radius 3 is 2.84 bits per heavy atom. The molecule has 0 unspecified atom stereocenters. The van der Waals surface area contributed by atoms with Gasteiger partial charge in [-0.15, -0.1) is 0 Å². The third-order valence-electron chi connectivity index (χ3n) is 2.82. The molecule has 0 fully saturated rings. The average Bonchev–Trinajstić information content (AvgIpc) is 2.80. The van der Waals surface area contributed by atoms with E-state index in [4.69, 9.17) is 0 Å². The van der Waals surface area contributed by atoms with Crippen LogP contribution in [-0.4, -0.2) is 29.1 Å². The van der Waals surface area contributed by atoms with Crippen LogP contribution >= 0.6 is 0 Å². The average molecular weight is 265 g/mol. The van der Waals surface area contributed by atoms with Gasteiger partial charge >= 0.3 is 0 Å². The maximum atomic E-state index is 4.39. The van der Waals surface area contributed by atoms with Crippen molar-refractivity contribution in [3.05, 3.63) is 18.2 Å². The Bertz CT molecular complexity index is 381. The van der Waals surface area contributed by atoms with Crippen LogP contribution in [0.2, 0.25) is 0 Å². The summed E-state index contributed by atoms with van der Waals surface area (Å²) in [6.07, 6.45) is 6.22. The minimum atomic E-state index is 0.620. The predicted molar refractivity (Wildman–Crippen MR) is 80.2 cm³/mol. The van der Waals surface area contributed by atoms with Crippen LogP contribution in [0.1, 0.15) is 39.4 Å². The molecule has 5 heteroatoms. The molecule has 0 atom stereocenters. The molecule has 0 spiro atoms. The van der Waals surface area contributed by atoms with Gasteiger partial charge in [-0.1, -0.05) is 27.2 Å². The zero-order valence-electron chi connectivity index (χ0n) is 12.6. The molecule has 0 bridgehead atoms. The first-order valence-electron chi connectivity index (χ1n) is 7.11. The molecule has 0 saturated carbocycles. The van der Waals surface area contributed by atoms with Crippen molar-refractivity contribution in [1.29, 1.82) is 0 Å². The van der Waals surface area contributed by atoms with E-state index in [0.717, 1.165) is 31.3 Å². The maximum Gasteiger partial charge on any atom is 0.191 e. The van der Waals surface area contributed by atoms with Gasteiger partial charge in [-0.05, 0) is 12.3 Å². The predicted octanol–water partition coefficient (Wildman–Crippen LogP) is 2.00. The number of aromatic nitrogens is 2. The molecule has 0 aromatic carbocycles. The molecular formula is C14H27N5. The lowest BCUT2D eigenvalue weighted by Gasteiger charge is -2.13. The lowest BCUT2D eigenvalue weighted by atomic mass is 10.2. The first-order valence-corrected chi connectivity index (χ1v) is 7.11. The summed E-state index contributed by atoms with van der Waals surface area (Å²) in [5.41, 5.74) is 0. The lowest BCUT2D eigenvalue weighted by molar-refractivity contribution is 0.503. The topological polar surface area (TPSA) is 54.2 Å². The summed E-state index contributed by atoms with van der Waals surface area (Å²) in [5.74, 6) is 2.51. The van der Waals surface area contributed by atoms with Crippen molar-refractivity contribution >= 4 is 5.96 Å². The zero-order chi connectivity index (χ0) is 14.1. The molecule has 0 aliphatic heterocycles. The molecule has 0 saturated heterocycles. The van der Waals surface area contributed by atoms with Gasteiger partial charge in [0.15, 0.2) is 5.96 Å². The quantitative estimate of drug-likeness (QED) is 0.450. The smallest absolute Gasteiger partial charge is 0.191 e.